The number of amides is 1. The number of rotatable bonds is 7. The molecule has 34 heavy (non-hydrogen) atoms. The minimum atomic E-state index is -1.01. The molecule has 3 aromatic rings. The highest BCUT2D eigenvalue weighted by Crippen LogP contribution is 2.25. The molecule has 9 heteroatoms. The topological polar surface area (TPSA) is 97.6 Å². The molecule has 1 aliphatic rings. The number of nitrogens with zero attached hydrogens (tertiary/aromatic N) is 4. The van der Waals surface area contributed by atoms with Crippen molar-refractivity contribution >= 4 is 11.9 Å². The molecule has 1 aromatic heterocycles. The Bertz CT molecular complexity index is 1200. The number of halogens is 1. The van der Waals surface area contributed by atoms with Gasteiger partial charge in [0.1, 0.15) is 11.5 Å². The number of carbonyl (C=O) groups is 2. The lowest BCUT2D eigenvalue weighted by molar-refractivity contribution is -0.137. The minimum absolute atomic E-state index is 0.00528. The Kier molecular flexibility index (Phi) is 7.02. The Labute approximate surface area is 197 Å². The third kappa shape index (κ3) is 5.14. The summed E-state index contributed by atoms with van der Waals surface area (Å²) in [5, 5.41) is 17.6. The number of ether oxygens (including phenoxy) is 1. The van der Waals surface area contributed by atoms with E-state index < -0.39 is 17.7 Å². The summed E-state index contributed by atoms with van der Waals surface area (Å²) in [6.07, 6.45) is 2.69. The van der Waals surface area contributed by atoms with E-state index in [2.05, 4.69) is 10.3 Å². The van der Waals surface area contributed by atoms with Gasteiger partial charge in [0.15, 0.2) is 0 Å². The average Bonchev–Trinajstić information content (AvgIpc) is 3.31. The van der Waals surface area contributed by atoms with Crippen LogP contribution in [0.1, 0.15) is 40.7 Å². The molecule has 2 heterocycles. The van der Waals surface area contributed by atoms with Gasteiger partial charge in [0.2, 0.25) is 0 Å². The predicted octanol–water partition coefficient (Wildman–Crippen LogP) is 3.79. The number of hydrogen-bond donors (Lipinski definition) is 1. The van der Waals surface area contributed by atoms with Gasteiger partial charge in [-0.3, -0.25) is 9.59 Å². The van der Waals surface area contributed by atoms with Gasteiger partial charge in [-0.1, -0.05) is 17.3 Å². The molecule has 1 amide bonds. The Morgan fingerprint density at radius 2 is 1.94 bits per heavy atom. The molecule has 1 N–H and O–H groups in total. The highest BCUT2D eigenvalue weighted by molar-refractivity contribution is 5.96. The SMILES string of the molecule is Cc1ccc(C)c(-n2cc(-c3ccc(F)c(C(=O)N(CCC(=O)O)C4CCOCC4)c3)nn2)c1. The van der Waals surface area contributed by atoms with Crippen LogP contribution in [-0.2, 0) is 9.53 Å². The molecule has 1 saturated heterocycles. The van der Waals surface area contributed by atoms with E-state index in [1.54, 1.807) is 16.9 Å². The van der Waals surface area contributed by atoms with E-state index in [0.717, 1.165) is 16.8 Å². The maximum Gasteiger partial charge on any atom is 0.305 e. The molecule has 0 unspecified atom stereocenters. The van der Waals surface area contributed by atoms with Crippen LogP contribution < -0.4 is 0 Å². The van der Waals surface area contributed by atoms with Crippen molar-refractivity contribution < 1.29 is 23.8 Å². The van der Waals surface area contributed by atoms with Gasteiger partial charge in [-0.05, 0) is 62.1 Å². The van der Waals surface area contributed by atoms with E-state index >= 15 is 0 Å². The van der Waals surface area contributed by atoms with Crippen molar-refractivity contribution in [2.24, 2.45) is 0 Å². The second kappa shape index (κ2) is 10.1. The molecule has 178 valence electrons. The summed E-state index contributed by atoms with van der Waals surface area (Å²) in [5.41, 5.74) is 3.93. The van der Waals surface area contributed by atoms with Crippen LogP contribution >= 0.6 is 0 Å². The van der Waals surface area contributed by atoms with Crippen LogP contribution in [0, 0.1) is 19.7 Å². The predicted molar refractivity (Wildman–Crippen MR) is 123 cm³/mol. The third-order valence-corrected chi connectivity index (χ3v) is 6.06. The van der Waals surface area contributed by atoms with Crippen LogP contribution in [0.4, 0.5) is 4.39 Å². The maximum absolute atomic E-state index is 14.8. The molecule has 2 aromatic carbocycles. The van der Waals surface area contributed by atoms with Crippen molar-refractivity contribution in [1.82, 2.24) is 19.9 Å². The summed E-state index contributed by atoms with van der Waals surface area (Å²) in [6, 6.07) is 10.1. The summed E-state index contributed by atoms with van der Waals surface area (Å²) >= 11 is 0. The van der Waals surface area contributed by atoms with E-state index in [4.69, 9.17) is 9.84 Å². The Balaban J connectivity index is 1.64. The summed E-state index contributed by atoms with van der Waals surface area (Å²) in [4.78, 5) is 26.0. The first-order valence-electron chi connectivity index (χ1n) is 11.2. The molecular formula is C25H27FN4O4. The Morgan fingerprint density at radius 3 is 2.68 bits per heavy atom. The number of hydrogen-bond acceptors (Lipinski definition) is 5. The van der Waals surface area contributed by atoms with E-state index in [9.17, 15) is 14.0 Å². The van der Waals surface area contributed by atoms with Crippen molar-refractivity contribution in [2.45, 2.75) is 39.2 Å². The molecule has 0 bridgehead atoms. The molecule has 4 rings (SSSR count). The lowest BCUT2D eigenvalue weighted by Gasteiger charge is -2.34. The van der Waals surface area contributed by atoms with Crippen LogP contribution in [0.15, 0.2) is 42.6 Å². The van der Waals surface area contributed by atoms with Crippen molar-refractivity contribution in [1.29, 1.82) is 0 Å². The first kappa shape index (κ1) is 23.6. The van der Waals surface area contributed by atoms with Gasteiger partial charge >= 0.3 is 5.97 Å². The van der Waals surface area contributed by atoms with Gasteiger partial charge < -0.3 is 14.7 Å². The van der Waals surface area contributed by atoms with Gasteiger partial charge in [-0.15, -0.1) is 5.10 Å². The number of aliphatic carboxylic acids is 1. The summed E-state index contributed by atoms with van der Waals surface area (Å²) < 4.78 is 21.8. The van der Waals surface area contributed by atoms with Gasteiger partial charge in [-0.25, -0.2) is 9.07 Å². The largest absolute Gasteiger partial charge is 0.481 e. The normalized spacial score (nSPS) is 14.2. The number of aryl methyl sites for hydroxylation is 2. The second-order valence-electron chi connectivity index (χ2n) is 8.52. The molecule has 8 nitrogen and oxygen atoms in total. The van der Waals surface area contributed by atoms with E-state index in [1.165, 1.54) is 17.0 Å². The van der Waals surface area contributed by atoms with Gasteiger partial charge in [0.25, 0.3) is 5.91 Å². The Hall–Kier alpha value is -3.59. The monoisotopic (exact) mass is 466 g/mol. The Morgan fingerprint density at radius 1 is 1.18 bits per heavy atom. The zero-order valence-corrected chi connectivity index (χ0v) is 19.2. The van der Waals surface area contributed by atoms with E-state index in [-0.39, 0.29) is 24.6 Å². The maximum atomic E-state index is 14.8. The van der Waals surface area contributed by atoms with Crippen molar-refractivity contribution in [3.8, 4) is 16.9 Å². The third-order valence-electron chi connectivity index (χ3n) is 6.06. The molecule has 0 atom stereocenters. The molecule has 0 aliphatic carbocycles. The highest BCUT2D eigenvalue weighted by Gasteiger charge is 2.29. The molecular weight excluding hydrogens is 439 g/mol. The fraction of sp³-hybridized carbons (Fsp3) is 0.360. The first-order valence-corrected chi connectivity index (χ1v) is 11.2. The summed E-state index contributed by atoms with van der Waals surface area (Å²) in [5.74, 6) is -2.21. The molecule has 0 saturated carbocycles. The zero-order valence-electron chi connectivity index (χ0n) is 19.2. The fourth-order valence-corrected chi connectivity index (χ4v) is 4.15. The smallest absolute Gasteiger partial charge is 0.305 e. The van der Waals surface area contributed by atoms with E-state index in [1.807, 2.05) is 32.0 Å². The van der Waals surface area contributed by atoms with E-state index in [0.29, 0.717) is 37.3 Å². The zero-order chi connectivity index (χ0) is 24.2. The van der Waals surface area contributed by atoms with Crippen LogP contribution in [0.25, 0.3) is 16.9 Å². The average molecular weight is 467 g/mol. The van der Waals surface area contributed by atoms with Crippen molar-refractivity contribution in [2.75, 3.05) is 19.8 Å². The lowest BCUT2D eigenvalue weighted by Crippen LogP contribution is -2.44. The van der Waals surface area contributed by atoms with Crippen LogP contribution in [0.2, 0.25) is 0 Å². The quantitative estimate of drug-likeness (QED) is 0.569. The molecule has 0 spiro atoms. The standard InChI is InChI=1S/C25H27FN4O4/c1-16-3-4-17(2)23(13-16)30-15-22(27-28-30)18-5-6-21(26)20(14-18)25(33)29(10-7-24(31)32)19-8-11-34-12-9-19/h3-6,13-15,19H,7-12H2,1-2H3,(H,31,32). The van der Waals surface area contributed by atoms with Gasteiger partial charge in [-0.2, -0.15) is 0 Å². The second-order valence-corrected chi connectivity index (χ2v) is 8.52. The van der Waals surface area contributed by atoms with Gasteiger partial charge in [0.05, 0.1) is 23.9 Å². The van der Waals surface area contributed by atoms with Gasteiger partial charge in [0, 0.05) is 31.4 Å². The molecule has 0 radical (unpaired) electrons. The van der Waals surface area contributed by atoms with Crippen molar-refractivity contribution in [3.05, 3.63) is 65.1 Å². The van der Waals surface area contributed by atoms with Crippen LogP contribution in [-0.4, -0.2) is 62.7 Å². The number of carboxylic acid groups (broad SMARTS) is 1. The lowest BCUT2D eigenvalue weighted by atomic mass is 10.0. The summed E-state index contributed by atoms with van der Waals surface area (Å²) in [7, 11) is 0. The number of aromatic nitrogens is 3. The minimum Gasteiger partial charge on any atom is -0.481 e. The van der Waals surface area contributed by atoms with Crippen molar-refractivity contribution in [3.63, 3.8) is 0 Å². The molecule has 1 fully saturated rings. The number of carbonyl (C=O) groups excluding carboxylic acids is 1. The van der Waals surface area contributed by atoms with Crippen LogP contribution in [0.5, 0.6) is 0 Å². The fourth-order valence-electron chi connectivity index (χ4n) is 4.15. The molecule has 1 aliphatic heterocycles. The highest BCUT2D eigenvalue weighted by atomic mass is 19.1. The summed E-state index contributed by atoms with van der Waals surface area (Å²) in [6.45, 7) is 4.93. The number of carboxylic acids is 1. The number of benzene rings is 2. The first-order chi connectivity index (χ1) is 16.3. The van der Waals surface area contributed by atoms with Crippen LogP contribution in [0.3, 0.4) is 0 Å².